The summed E-state index contributed by atoms with van der Waals surface area (Å²) in [5.41, 5.74) is 0.778. The van der Waals surface area contributed by atoms with Crippen LogP contribution in [0.1, 0.15) is 12.5 Å². The maximum atomic E-state index is 12.9. The van der Waals surface area contributed by atoms with Gasteiger partial charge in [-0.3, -0.25) is 9.59 Å². The Labute approximate surface area is 157 Å². The number of methoxy groups -OCH3 is 1. The molecule has 0 fully saturated rings. The summed E-state index contributed by atoms with van der Waals surface area (Å²) in [5.74, 6) is 0.226. The highest BCUT2D eigenvalue weighted by Crippen LogP contribution is 2.18. The van der Waals surface area contributed by atoms with Crippen LogP contribution in [0, 0.1) is 5.82 Å². The van der Waals surface area contributed by atoms with Crippen molar-refractivity contribution in [2.45, 2.75) is 13.5 Å². The Kier molecular flexibility index (Phi) is 7.61. The SMILES string of the molecule is CCN(CC(=O)NCc1ccc(F)cc1)C(=O)COc1cccc(OC)c1. The minimum Gasteiger partial charge on any atom is -0.497 e. The van der Waals surface area contributed by atoms with Crippen molar-refractivity contribution < 1.29 is 23.5 Å². The van der Waals surface area contributed by atoms with Crippen LogP contribution in [0.4, 0.5) is 4.39 Å². The molecule has 0 aliphatic rings. The topological polar surface area (TPSA) is 67.9 Å². The minimum absolute atomic E-state index is 0.0714. The molecule has 2 aromatic rings. The smallest absolute Gasteiger partial charge is 0.260 e. The molecule has 2 aromatic carbocycles. The molecule has 0 radical (unpaired) electrons. The Hall–Kier alpha value is -3.09. The Morgan fingerprint density at radius 3 is 2.48 bits per heavy atom. The molecular formula is C20H23FN2O4. The van der Waals surface area contributed by atoms with Crippen LogP contribution < -0.4 is 14.8 Å². The maximum Gasteiger partial charge on any atom is 0.260 e. The monoisotopic (exact) mass is 374 g/mol. The zero-order valence-electron chi connectivity index (χ0n) is 15.4. The number of rotatable bonds is 9. The van der Waals surface area contributed by atoms with E-state index in [-0.39, 0.29) is 37.3 Å². The average Bonchev–Trinajstić information content (AvgIpc) is 2.70. The van der Waals surface area contributed by atoms with Crippen LogP contribution in [0.25, 0.3) is 0 Å². The lowest BCUT2D eigenvalue weighted by atomic mass is 10.2. The molecule has 7 heteroatoms. The van der Waals surface area contributed by atoms with E-state index in [2.05, 4.69) is 5.32 Å². The molecule has 6 nitrogen and oxygen atoms in total. The highest BCUT2D eigenvalue weighted by Gasteiger charge is 2.16. The molecule has 0 unspecified atom stereocenters. The van der Waals surface area contributed by atoms with Crippen LogP contribution in [0.3, 0.4) is 0 Å². The van der Waals surface area contributed by atoms with Gasteiger partial charge >= 0.3 is 0 Å². The van der Waals surface area contributed by atoms with Crippen molar-refractivity contribution in [2.24, 2.45) is 0 Å². The van der Waals surface area contributed by atoms with E-state index in [1.54, 1.807) is 50.4 Å². The first kappa shape index (κ1) is 20.2. The molecule has 0 bridgehead atoms. The molecule has 2 amide bonds. The second-order valence-electron chi connectivity index (χ2n) is 5.78. The van der Waals surface area contributed by atoms with Crippen molar-refractivity contribution in [1.29, 1.82) is 0 Å². The molecule has 27 heavy (non-hydrogen) atoms. The lowest BCUT2D eigenvalue weighted by Crippen LogP contribution is -2.42. The van der Waals surface area contributed by atoms with Gasteiger partial charge in [0.25, 0.3) is 5.91 Å². The summed E-state index contributed by atoms with van der Waals surface area (Å²) in [6.45, 7) is 2.19. The molecule has 0 heterocycles. The number of carbonyl (C=O) groups is 2. The van der Waals surface area contributed by atoms with Gasteiger partial charge in [0.2, 0.25) is 5.91 Å². The van der Waals surface area contributed by atoms with E-state index in [9.17, 15) is 14.0 Å². The molecule has 0 spiro atoms. The van der Waals surface area contributed by atoms with E-state index in [1.165, 1.54) is 17.0 Å². The fourth-order valence-electron chi connectivity index (χ4n) is 2.34. The van der Waals surface area contributed by atoms with E-state index in [0.717, 1.165) is 5.56 Å². The van der Waals surface area contributed by atoms with Gasteiger partial charge in [0, 0.05) is 19.2 Å². The van der Waals surface area contributed by atoms with Gasteiger partial charge in [0.1, 0.15) is 17.3 Å². The number of amides is 2. The van der Waals surface area contributed by atoms with Gasteiger partial charge in [-0.1, -0.05) is 18.2 Å². The van der Waals surface area contributed by atoms with Crippen molar-refractivity contribution in [3.8, 4) is 11.5 Å². The third kappa shape index (κ3) is 6.62. The number of benzene rings is 2. The van der Waals surface area contributed by atoms with Gasteiger partial charge in [-0.25, -0.2) is 4.39 Å². The molecule has 0 saturated carbocycles. The van der Waals surface area contributed by atoms with Gasteiger partial charge < -0.3 is 19.7 Å². The molecule has 1 N–H and O–H groups in total. The quantitative estimate of drug-likeness (QED) is 0.732. The molecule has 0 saturated heterocycles. The number of hydrogen-bond donors (Lipinski definition) is 1. The van der Waals surface area contributed by atoms with Gasteiger partial charge in [-0.15, -0.1) is 0 Å². The normalized spacial score (nSPS) is 10.2. The average molecular weight is 374 g/mol. The van der Waals surface area contributed by atoms with E-state index in [0.29, 0.717) is 18.0 Å². The highest BCUT2D eigenvalue weighted by molar-refractivity contribution is 5.85. The van der Waals surface area contributed by atoms with Crippen LogP contribution in [-0.2, 0) is 16.1 Å². The third-order valence-electron chi connectivity index (χ3n) is 3.88. The van der Waals surface area contributed by atoms with Crippen molar-refractivity contribution in [1.82, 2.24) is 10.2 Å². The Bertz CT molecular complexity index is 765. The summed E-state index contributed by atoms with van der Waals surface area (Å²) in [6.07, 6.45) is 0. The fraction of sp³-hybridized carbons (Fsp3) is 0.300. The lowest BCUT2D eigenvalue weighted by Gasteiger charge is -2.20. The summed E-state index contributed by atoms with van der Waals surface area (Å²) < 4.78 is 23.5. The molecule has 0 aromatic heterocycles. The summed E-state index contributed by atoms with van der Waals surface area (Å²) in [5, 5.41) is 2.71. The van der Waals surface area contributed by atoms with Crippen LogP contribution in [0.15, 0.2) is 48.5 Å². The summed E-state index contributed by atoms with van der Waals surface area (Å²) in [4.78, 5) is 25.8. The second kappa shape index (κ2) is 10.2. The van der Waals surface area contributed by atoms with E-state index in [1.807, 2.05) is 0 Å². The summed E-state index contributed by atoms with van der Waals surface area (Å²) in [6, 6.07) is 12.8. The number of nitrogens with one attached hydrogen (secondary N) is 1. The van der Waals surface area contributed by atoms with E-state index < -0.39 is 0 Å². The zero-order valence-corrected chi connectivity index (χ0v) is 15.4. The van der Waals surface area contributed by atoms with Crippen molar-refractivity contribution in [3.63, 3.8) is 0 Å². The molecular weight excluding hydrogens is 351 g/mol. The van der Waals surface area contributed by atoms with Crippen LogP contribution in [-0.4, -0.2) is 43.5 Å². The van der Waals surface area contributed by atoms with Crippen LogP contribution in [0.5, 0.6) is 11.5 Å². The lowest BCUT2D eigenvalue weighted by molar-refractivity contribution is -0.137. The Morgan fingerprint density at radius 1 is 1.11 bits per heavy atom. The molecule has 0 aliphatic heterocycles. The summed E-state index contributed by atoms with van der Waals surface area (Å²) in [7, 11) is 1.55. The predicted molar refractivity (Wildman–Crippen MR) is 99.0 cm³/mol. The van der Waals surface area contributed by atoms with E-state index >= 15 is 0 Å². The number of hydrogen-bond acceptors (Lipinski definition) is 4. The number of ether oxygens (including phenoxy) is 2. The first-order valence-electron chi connectivity index (χ1n) is 8.57. The highest BCUT2D eigenvalue weighted by atomic mass is 19.1. The number of likely N-dealkylation sites (N-methyl/N-ethyl adjacent to an activating group) is 1. The van der Waals surface area contributed by atoms with Crippen molar-refractivity contribution in [3.05, 3.63) is 59.9 Å². The van der Waals surface area contributed by atoms with Crippen LogP contribution in [0.2, 0.25) is 0 Å². The summed E-state index contributed by atoms with van der Waals surface area (Å²) >= 11 is 0. The van der Waals surface area contributed by atoms with Gasteiger partial charge in [-0.2, -0.15) is 0 Å². The standard InChI is InChI=1S/C20H23FN2O4/c1-3-23(13-19(24)22-12-15-7-9-16(21)10-8-15)20(25)14-27-18-6-4-5-17(11-18)26-2/h4-11H,3,12-14H2,1-2H3,(H,22,24). The first-order valence-corrected chi connectivity index (χ1v) is 8.57. The Morgan fingerprint density at radius 2 is 1.81 bits per heavy atom. The second-order valence-corrected chi connectivity index (χ2v) is 5.78. The Balaban J connectivity index is 1.80. The molecule has 0 aliphatic carbocycles. The third-order valence-corrected chi connectivity index (χ3v) is 3.88. The van der Waals surface area contributed by atoms with Crippen molar-refractivity contribution >= 4 is 11.8 Å². The zero-order chi connectivity index (χ0) is 19.6. The predicted octanol–water partition coefficient (Wildman–Crippen LogP) is 2.38. The largest absolute Gasteiger partial charge is 0.497 e. The van der Waals surface area contributed by atoms with Gasteiger partial charge in [0.15, 0.2) is 6.61 Å². The number of carbonyl (C=O) groups excluding carboxylic acids is 2. The first-order chi connectivity index (χ1) is 13.0. The maximum absolute atomic E-state index is 12.9. The molecule has 144 valence electrons. The van der Waals surface area contributed by atoms with Gasteiger partial charge in [-0.05, 0) is 36.8 Å². The number of halogens is 1. The fourth-order valence-corrected chi connectivity index (χ4v) is 2.34. The number of nitrogens with zero attached hydrogens (tertiary/aromatic N) is 1. The molecule has 2 rings (SSSR count). The van der Waals surface area contributed by atoms with E-state index in [4.69, 9.17) is 9.47 Å². The van der Waals surface area contributed by atoms with Crippen molar-refractivity contribution in [2.75, 3.05) is 26.8 Å². The molecule has 0 atom stereocenters. The van der Waals surface area contributed by atoms with Gasteiger partial charge in [0.05, 0.1) is 13.7 Å². The van der Waals surface area contributed by atoms with Crippen LogP contribution >= 0.6 is 0 Å². The minimum atomic E-state index is -0.330.